The van der Waals surface area contributed by atoms with E-state index < -0.39 is 5.97 Å². The molecule has 1 aromatic heterocycles. The summed E-state index contributed by atoms with van der Waals surface area (Å²) in [6, 6.07) is 7.17. The predicted octanol–water partition coefficient (Wildman–Crippen LogP) is 1.94. The highest BCUT2D eigenvalue weighted by molar-refractivity contribution is 5.87. The molecule has 0 saturated carbocycles. The van der Waals surface area contributed by atoms with Crippen LogP contribution in [0.5, 0.6) is 5.75 Å². The average Bonchev–Trinajstić information content (AvgIpc) is 2.81. The van der Waals surface area contributed by atoms with Crippen molar-refractivity contribution in [1.29, 1.82) is 0 Å². The van der Waals surface area contributed by atoms with Crippen molar-refractivity contribution in [1.82, 2.24) is 9.78 Å². The van der Waals surface area contributed by atoms with E-state index in [2.05, 4.69) is 5.10 Å². The van der Waals surface area contributed by atoms with Gasteiger partial charge in [0.15, 0.2) is 5.69 Å². The van der Waals surface area contributed by atoms with Gasteiger partial charge in [0.05, 0.1) is 19.4 Å². The van der Waals surface area contributed by atoms with Crippen molar-refractivity contribution in [3.63, 3.8) is 0 Å². The molecule has 6 heteroatoms. The van der Waals surface area contributed by atoms with E-state index in [1.54, 1.807) is 21.3 Å². The second-order valence-corrected chi connectivity index (χ2v) is 4.31. The Balaban J connectivity index is 2.54. The zero-order valence-electron chi connectivity index (χ0n) is 11.6. The summed E-state index contributed by atoms with van der Waals surface area (Å²) in [5, 5.41) is 13.0. The standard InChI is InChI=1S/C14H16N2O4/c1-16-12(7-11(15-16)14(17)18)10-6-9(8-19-2)4-5-13(10)20-3/h4-7H,8H2,1-3H3,(H,17,18). The molecule has 0 fully saturated rings. The number of nitrogens with zero attached hydrogens (tertiary/aromatic N) is 2. The highest BCUT2D eigenvalue weighted by Gasteiger charge is 2.16. The van der Waals surface area contributed by atoms with E-state index in [0.29, 0.717) is 18.1 Å². The second kappa shape index (κ2) is 5.75. The van der Waals surface area contributed by atoms with Crippen LogP contribution in [0.25, 0.3) is 11.3 Å². The van der Waals surface area contributed by atoms with Crippen molar-refractivity contribution in [3.05, 3.63) is 35.5 Å². The van der Waals surface area contributed by atoms with Gasteiger partial charge in [-0.1, -0.05) is 6.07 Å². The van der Waals surface area contributed by atoms with Gasteiger partial charge >= 0.3 is 5.97 Å². The largest absolute Gasteiger partial charge is 0.496 e. The van der Waals surface area contributed by atoms with Gasteiger partial charge in [-0.2, -0.15) is 5.10 Å². The molecular weight excluding hydrogens is 260 g/mol. The molecule has 0 aliphatic carbocycles. The maximum absolute atomic E-state index is 11.0. The molecule has 2 aromatic rings. The number of benzene rings is 1. The molecule has 2 rings (SSSR count). The molecule has 0 spiro atoms. The summed E-state index contributed by atoms with van der Waals surface area (Å²) in [6.45, 7) is 0.473. The first kappa shape index (κ1) is 14.1. The number of carbonyl (C=O) groups is 1. The van der Waals surface area contributed by atoms with Gasteiger partial charge in [-0.3, -0.25) is 4.68 Å². The fourth-order valence-electron chi connectivity index (χ4n) is 2.04. The van der Waals surface area contributed by atoms with Crippen LogP contribution < -0.4 is 4.74 Å². The first-order valence-corrected chi connectivity index (χ1v) is 6.00. The van der Waals surface area contributed by atoms with E-state index in [1.807, 2.05) is 18.2 Å². The maximum Gasteiger partial charge on any atom is 0.356 e. The number of carboxylic acid groups (broad SMARTS) is 1. The lowest BCUT2D eigenvalue weighted by atomic mass is 10.1. The Kier molecular flexibility index (Phi) is 4.05. The van der Waals surface area contributed by atoms with Crippen molar-refractivity contribution < 1.29 is 19.4 Å². The lowest BCUT2D eigenvalue weighted by Crippen LogP contribution is -2.00. The minimum atomic E-state index is -1.06. The Bertz CT molecular complexity index is 634. The molecule has 0 aliphatic rings. The van der Waals surface area contributed by atoms with E-state index in [0.717, 1.165) is 11.1 Å². The third kappa shape index (κ3) is 2.65. The number of methoxy groups -OCH3 is 2. The molecule has 1 aromatic carbocycles. The van der Waals surface area contributed by atoms with Gasteiger partial charge in [0.1, 0.15) is 5.75 Å². The van der Waals surface area contributed by atoms with Crippen molar-refractivity contribution in [2.75, 3.05) is 14.2 Å². The molecule has 106 valence electrons. The summed E-state index contributed by atoms with van der Waals surface area (Å²) in [5.41, 5.74) is 2.44. The number of rotatable bonds is 5. The van der Waals surface area contributed by atoms with Crippen LogP contribution >= 0.6 is 0 Å². The molecule has 6 nitrogen and oxygen atoms in total. The van der Waals surface area contributed by atoms with Crippen molar-refractivity contribution in [2.24, 2.45) is 7.05 Å². The molecular formula is C14H16N2O4. The number of aromatic nitrogens is 2. The molecule has 0 unspecified atom stereocenters. The lowest BCUT2D eigenvalue weighted by molar-refractivity contribution is 0.0689. The quantitative estimate of drug-likeness (QED) is 0.903. The molecule has 0 atom stereocenters. The molecule has 0 radical (unpaired) electrons. The highest BCUT2D eigenvalue weighted by atomic mass is 16.5. The molecule has 0 aliphatic heterocycles. The number of ether oxygens (including phenoxy) is 2. The zero-order chi connectivity index (χ0) is 14.7. The maximum atomic E-state index is 11.0. The predicted molar refractivity (Wildman–Crippen MR) is 72.9 cm³/mol. The zero-order valence-corrected chi connectivity index (χ0v) is 11.6. The summed E-state index contributed by atoms with van der Waals surface area (Å²) >= 11 is 0. The Morgan fingerprint density at radius 1 is 1.35 bits per heavy atom. The molecule has 0 amide bonds. The summed E-state index contributed by atoms with van der Waals surface area (Å²) < 4.78 is 12.0. The minimum absolute atomic E-state index is 0.00157. The topological polar surface area (TPSA) is 73.6 Å². The second-order valence-electron chi connectivity index (χ2n) is 4.31. The average molecular weight is 276 g/mol. The summed E-state index contributed by atoms with van der Waals surface area (Å²) in [4.78, 5) is 11.0. The first-order valence-electron chi connectivity index (χ1n) is 6.00. The van der Waals surface area contributed by atoms with Crippen LogP contribution in [-0.4, -0.2) is 35.1 Å². The molecule has 0 saturated heterocycles. The number of aromatic carboxylic acids is 1. The van der Waals surface area contributed by atoms with Crippen LogP contribution in [0, 0.1) is 0 Å². The van der Waals surface area contributed by atoms with Crippen LogP contribution in [0.4, 0.5) is 0 Å². The van der Waals surface area contributed by atoms with Crippen LogP contribution in [0.3, 0.4) is 0 Å². The monoisotopic (exact) mass is 276 g/mol. The number of hydrogen-bond donors (Lipinski definition) is 1. The van der Waals surface area contributed by atoms with Gasteiger partial charge in [-0.25, -0.2) is 4.79 Å². The third-order valence-corrected chi connectivity index (χ3v) is 2.95. The Labute approximate surface area is 116 Å². The Morgan fingerprint density at radius 2 is 2.10 bits per heavy atom. The van der Waals surface area contributed by atoms with Gasteiger partial charge in [0.25, 0.3) is 0 Å². The van der Waals surface area contributed by atoms with Crippen LogP contribution in [-0.2, 0) is 18.4 Å². The fraction of sp³-hybridized carbons (Fsp3) is 0.286. The van der Waals surface area contributed by atoms with Crippen LogP contribution in [0.1, 0.15) is 16.1 Å². The third-order valence-electron chi connectivity index (χ3n) is 2.95. The van der Waals surface area contributed by atoms with Gasteiger partial charge in [-0.05, 0) is 23.8 Å². The SMILES string of the molecule is COCc1ccc(OC)c(-c2cc(C(=O)O)nn2C)c1. The van der Waals surface area contributed by atoms with E-state index in [9.17, 15) is 4.79 Å². The van der Waals surface area contributed by atoms with E-state index in [4.69, 9.17) is 14.6 Å². The van der Waals surface area contributed by atoms with Gasteiger partial charge < -0.3 is 14.6 Å². The van der Waals surface area contributed by atoms with Gasteiger partial charge in [0, 0.05) is 19.7 Å². The smallest absolute Gasteiger partial charge is 0.356 e. The normalized spacial score (nSPS) is 10.6. The lowest BCUT2D eigenvalue weighted by Gasteiger charge is -2.10. The summed E-state index contributed by atoms with van der Waals surface area (Å²) in [6.07, 6.45) is 0. The van der Waals surface area contributed by atoms with E-state index >= 15 is 0 Å². The number of carboxylic acids is 1. The minimum Gasteiger partial charge on any atom is -0.496 e. The Morgan fingerprint density at radius 3 is 2.65 bits per heavy atom. The van der Waals surface area contributed by atoms with Crippen molar-refractivity contribution >= 4 is 5.97 Å². The van der Waals surface area contributed by atoms with Crippen LogP contribution in [0.15, 0.2) is 24.3 Å². The summed E-state index contributed by atoms with van der Waals surface area (Å²) in [5.74, 6) is -0.399. The van der Waals surface area contributed by atoms with Crippen molar-refractivity contribution in [2.45, 2.75) is 6.61 Å². The molecule has 1 heterocycles. The van der Waals surface area contributed by atoms with E-state index in [-0.39, 0.29) is 5.69 Å². The van der Waals surface area contributed by atoms with Crippen LogP contribution in [0.2, 0.25) is 0 Å². The number of aryl methyl sites for hydroxylation is 1. The number of hydrogen-bond acceptors (Lipinski definition) is 4. The molecule has 0 bridgehead atoms. The highest BCUT2D eigenvalue weighted by Crippen LogP contribution is 2.31. The molecule has 1 N–H and O–H groups in total. The van der Waals surface area contributed by atoms with Crippen molar-refractivity contribution in [3.8, 4) is 17.0 Å². The Hall–Kier alpha value is -2.34. The van der Waals surface area contributed by atoms with E-state index in [1.165, 1.54) is 10.7 Å². The fourth-order valence-corrected chi connectivity index (χ4v) is 2.04. The summed E-state index contributed by atoms with van der Waals surface area (Å²) in [7, 11) is 4.89. The first-order chi connectivity index (χ1) is 9.56. The molecule has 20 heavy (non-hydrogen) atoms. The van der Waals surface area contributed by atoms with Gasteiger partial charge in [0.2, 0.25) is 0 Å². The van der Waals surface area contributed by atoms with Gasteiger partial charge in [-0.15, -0.1) is 0 Å².